The maximum absolute atomic E-state index is 11.8. The molecule has 0 spiro atoms. The number of imide groups is 1. The van der Waals surface area contributed by atoms with Crippen LogP contribution < -0.4 is 4.90 Å². The van der Waals surface area contributed by atoms with E-state index in [2.05, 4.69) is 4.98 Å². The Morgan fingerprint density at radius 2 is 1.79 bits per heavy atom. The molecule has 1 aliphatic heterocycles. The lowest BCUT2D eigenvalue weighted by Crippen LogP contribution is -2.43. The van der Waals surface area contributed by atoms with Crippen molar-refractivity contribution < 1.29 is 14.0 Å². The van der Waals surface area contributed by atoms with Crippen LogP contribution in [-0.2, 0) is 9.59 Å². The lowest BCUT2D eigenvalue weighted by molar-refractivity contribution is -0.124. The monoisotopic (exact) mass is 274 g/mol. The summed E-state index contributed by atoms with van der Waals surface area (Å²) in [7, 11) is 0. The lowest BCUT2D eigenvalue weighted by atomic mass is 10.1. The van der Waals surface area contributed by atoms with Crippen molar-refractivity contribution in [2.24, 2.45) is 0 Å². The molecule has 1 aromatic carbocycles. The normalized spacial score (nSPS) is 15.9. The molecule has 1 aliphatic rings. The Labute approximate surface area is 113 Å². The van der Waals surface area contributed by atoms with Crippen LogP contribution >= 0.6 is 11.8 Å². The maximum Gasteiger partial charge on any atom is 0.243 e. The van der Waals surface area contributed by atoms with E-state index in [0.29, 0.717) is 23.0 Å². The highest BCUT2D eigenvalue weighted by Crippen LogP contribution is 2.25. The average molecular weight is 274 g/mol. The van der Waals surface area contributed by atoms with Crippen molar-refractivity contribution in [3.8, 4) is 11.3 Å². The van der Waals surface area contributed by atoms with Gasteiger partial charge in [-0.05, 0) is 24.3 Å². The molecule has 5 nitrogen and oxygen atoms in total. The largest absolute Gasteiger partial charge is 0.444 e. The molecule has 0 atom stereocenters. The molecule has 3 rings (SSSR count). The summed E-state index contributed by atoms with van der Waals surface area (Å²) < 4.78 is 5.19. The van der Waals surface area contributed by atoms with E-state index in [0.717, 1.165) is 5.56 Å². The first kappa shape index (κ1) is 12.0. The maximum atomic E-state index is 11.8. The van der Waals surface area contributed by atoms with Crippen LogP contribution in [0.1, 0.15) is 0 Å². The zero-order valence-electron chi connectivity index (χ0n) is 9.91. The van der Waals surface area contributed by atoms with Gasteiger partial charge >= 0.3 is 0 Å². The van der Waals surface area contributed by atoms with Gasteiger partial charge in [0.25, 0.3) is 0 Å². The molecule has 0 radical (unpaired) electrons. The Balaban J connectivity index is 1.90. The minimum atomic E-state index is -0.173. The van der Waals surface area contributed by atoms with Gasteiger partial charge in [-0.2, -0.15) is 0 Å². The van der Waals surface area contributed by atoms with Crippen molar-refractivity contribution in [1.82, 2.24) is 4.98 Å². The molecule has 0 saturated carbocycles. The van der Waals surface area contributed by atoms with Gasteiger partial charge in [-0.1, -0.05) is 0 Å². The molecule has 0 aliphatic carbocycles. The Hall–Kier alpha value is -2.08. The number of hydrogen-bond donors (Lipinski definition) is 0. The molecular formula is C13H10N2O3S. The van der Waals surface area contributed by atoms with Gasteiger partial charge in [0.1, 0.15) is 0 Å². The van der Waals surface area contributed by atoms with Gasteiger partial charge in [-0.25, -0.2) is 9.88 Å². The molecule has 1 saturated heterocycles. The summed E-state index contributed by atoms with van der Waals surface area (Å²) in [5.41, 5.74) is 1.45. The fourth-order valence-electron chi connectivity index (χ4n) is 1.91. The first-order valence-corrected chi connectivity index (χ1v) is 6.83. The summed E-state index contributed by atoms with van der Waals surface area (Å²) >= 11 is 1.35. The molecule has 0 N–H and O–H groups in total. The van der Waals surface area contributed by atoms with Gasteiger partial charge in [0.2, 0.25) is 11.8 Å². The number of carbonyl (C=O) groups is 2. The summed E-state index contributed by atoms with van der Waals surface area (Å²) in [4.78, 5) is 28.6. The molecule has 2 heterocycles. The van der Waals surface area contributed by atoms with Crippen LogP contribution in [0.15, 0.2) is 41.3 Å². The highest BCUT2D eigenvalue weighted by Gasteiger charge is 2.27. The van der Waals surface area contributed by atoms with E-state index >= 15 is 0 Å². The SMILES string of the molecule is O=C1CSCC(=O)N1c1ccc(-c2cnco2)cc1. The second-order valence-electron chi connectivity index (χ2n) is 4.03. The number of aromatic nitrogens is 1. The van der Waals surface area contributed by atoms with Crippen LogP contribution in [0.3, 0.4) is 0 Å². The molecule has 6 heteroatoms. The summed E-state index contributed by atoms with van der Waals surface area (Å²) in [6, 6.07) is 7.09. The quantitative estimate of drug-likeness (QED) is 0.783. The Bertz CT molecular complexity index is 591. The van der Waals surface area contributed by atoms with Crippen LogP contribution in [0.2, 0.25) is 0 Å². The van der Waals surface area contributed by atoms with Crippen LogP contribution in [0.4, 0.5) is 5.69 Å². The fourth-order valence-corrected chi connectivity index (χ4v) is 2.62. The molecule has 1 aromatic heterocycles. The van der Waals surface area contributed by atoms with Gasteiger partial charge < -0.3 is 4.42 Å². The van der Waals surface area contributed by atoms with Gasteiger partial charge in [-0.3, -0.25) is 9.59 Å². The van der Waals surface area contributed by atoms with Crippen molar-refractivity contribution in [3.63, 3.8) is 0 Å². The van der Waals surface area contributed by atoms with Crippen LogP contribution in [0, 0.1) is 0 Å². The minimum Gasteiger partial charge on any atom is -0.444 e. The van der Waals surface area contributed by atoms with Crippen molar-refractivity contribution in [2.75, 3.05) is 16.4 Å². The lowest BCUT2D eigenvalue weighted by Gasteiger charge is -2.24. The number of carbonyl (C=O) groups excluding carboxylic acids is 2. The number of benzene rings is 1. The third-order valence-corrected chi connectivity index (χ3v) is 3.69. The van der Waals surface area contributed by atoms with Gasteiger partial charge in [0.05, 0.1) is 23.4 Å². The van der Waals surface area contributed by atoms with E-state index < -0.39 is 0 Å². The second kappa shape index (κ2) is 4.89. The van der Waals surface area contributed by atoms with Gasteiger partial charge in [0, 0.05) is 5.56 Å². The summed E-state index contributed by atoms with van der Waals surface area (Å²) in [6.07, 6.45) is 2.97. The molecule has 0 unspecified atom stereocenters. The Morgan fingerprint density at radius 3 is 2.37 bits per heavy atom. The molecule has 96 valence electrons. The van der Waals surface area contributed by atoms with E-state index in [4.69, 9.17) is 4.42 Å². The number of hydrogen-bond acceptors (Lipinski definition) is 5. The molecule has 0 bridgehead atoms. The van der Waals surface area contributed by atoms with E-state index in [1.54, 1.807) is 30.5 Å². The highest BCUT2D eigenvalue weighted by molar-refractivity contribution is 8.00. The first-order valence-electron chi connectivity index (χ1n) is 5.68. The predicted octanol–water partition coefficient (Wildman–Crippen LogP) is 1.95. The smallest absolute Gasteiger partial charge is 0.243 e. The third kappa shape index (κ3) is 2.26. The predicted molar refractivity (Wildman–Crippen MR) is 71.8 cm³/mol. The molecule has 1 fully saturated rings. The summed E-state index contributed by atoms with van der Waals surface area (Å²) in [6.45, 7) is 0. The van der Waals surface area contributed by atoms with Crippen molar-refractivity contribution in [1.29, 1.82) is 0 Å². The van der Waals surface area contributed by atoms with E-state index in [9.17, 15) is 9.59 Å². The number of rotatable bonds is 2. The van der Waals surface area contributed by atoms with E-state index in [1.807, 2.05) is 0 Å². The number of anilines is 1. The molecule has 19 heavy (non-hydrogen) atoms. The fraction of sp³-hybridized carbons (Fsp3) is 0.154. The van der Waals surface area contributed by atoms with Gasteiger partial charge in [0.15, 0.2) is 12.2 Å². The Morgan fingerprint density at radius 1 is 1.11 bits per heavy atom. The van der Waals surface area contributed by atoms with Gasteiger partial charge in [-0.15, -0.1) is 11.8 Å². The first-order chi connectivity index (χ1) is 9.25. The summed E-state index contributed by atoms with van der Waals surface area (Å²) in [5.74, 6) is 0.992. The summed E-state index contributed by atoms with van der Waals surface area (Å²) in [5, 5.41) is 0. The Kier molecular flexibility index (Phi) is 3.08. The van der Waals surface area contributed by atoms with Crippen LogP contribution in [-0.4, -0.2) is 28.3 Å². The molecule has 2 amide bonds. The van der Waals surface area contributed by atoms with Crippen LogP contribution in [0.25, 0.3) is 11.3 Å². The van der Waals surface area contributed by atoms with Crippen molar-refractivity contribution in [2.45, 2.75) is 0 Å². The number of oxazole rings is 1. The standard InChI is InChI=1S/C13H10N2O3S/c16-12-6-19-7-13(17)15(12)10-3-1-9(2-4-10)11-5-14-8-18-11/h1-5,8H,6-7H2. The minimum absolute atomic E-state index is 0.173. The number of nitrogens with zero attached hydrogens (tertiary/aromatic N) is 2. The van der Waals surface area contributed by atoms with E-state index in [1.165, 1.54) is 23.1 Å². The second-order valence-corrected chi connectivity index (χ2v) is 5.01. The number of thioether (sulfide) groups is 1. The third-order valence-electron chi connectivity index (χ3n) is 2.79. The van der Waals surface area contributed by atoms with Crippen LogP contribution in [0.5, 0.6) is 0 Å². The highest BCUT2D eigenvalue weighted by atomic mass is 32.2. The molecule has 2 aromatic rings. The number of amides is 2. The zero-order valence-corrected chi connectivity index (χ0v) is 10.7. The molecular weight excluding hydrogens is 264 g/mol. The van der Waals surface area contributed by atoms with Crippen molar-refractivity contribution in [3.05, 3.63) is 36.9 Å². The topological polar surface area (TPSA) is 63.4 Å². The van der Waals surface area contributed by atoms with Crippen molar-refractivity contribution >= 4 is 29.3 Å². The zero-order chi connectivity index (χ0) is 13.2. The average Bonchev–Trinajstić information content (AvgIpc) is 2.93. The van der Waals surface area contributed by atoms with E-state index in [-0.39, 0.29) is 11.8 Å².